The number of nitrogens with one attached hydrogen (secondary N) is 1. The van der Waals surface area contributed by atoms with E-state index < -0.39 is 52.2 Å². The summed E-state index contributed by atoms with van der Waals surface area (Å²) in [5.74, 6) is -4.94. The lowest BCUT2D eigenvalue weighted by Crippen LogP contribution is -2.33. The van der Waals surface area contributed by atoms with Gasteiger partial charge in [-0.2, -0.15) is 0 Å². The maximum Gasteiger partial charge on any atom is 0.232 e. The lowest BCUT2D eigenvalue weighted by atomic mass is 10.2. The molecule has 0 spiro atoms. The van der Waals surface area contributed by atoms with Crippen LogP contribution in [0.3, 0.4) is 0 Å². The fourth-order valence-electron chi connectivity index (χ4n) is 2.13. The van der Waals surface area contributed by atoms with E-state index in [4.69, 9.17) is 0 Å². The number of halogens is 4. The van der Waals surface area contributed by atoms with Gasteiger partial charge < -0.3 is 5.32 Å². The first-order valence-electron chi connectivity index (χ1n) is 7.25. The van der Waals surface area contributed by atoms with Gasteiger partial charge in [0.25, 0.3) is 0 Å². The normalized spacial score (nSPS) is 11.3. The molecule has 0 fully saturated rings. The molecule has 1 amide bonds. The monoisotopic (exact) mass is 390 g/mol. The van der Waals surface area contributed by atoms with Crippen LogP contribution in [0.5, 0.6) is 0 Å². The Morgan fingerprint density at radius 2 is 1.69 bits per heavy atom. The Labute approximate surface area is 147 Å². The topological polar surface area (TPSA) is 66.5 Å². The fourth-order valence-corrected chi connectivity index (χ4v) is 3.05. The maximum atomic E-state index is 13.5. The highest BCUT2D eigenvalue weighted by Crippen LogP contribution is 2.21. The van der Waals surface area contributed by atoms with Gasteiger partial charge in [-0.3, -0.25) is 9.10 Å². The van der Waals surface area contributed by atoms with Crippen molar-refractivity contribution in [1.29, 1.82) is 0 Å². The molecular formula is C16H14F4N2O3S. The number of amides is 1. The van der Waals surface area contributed by atoms with E-state index in [1.165, 1.54) is 0 Å². The Bertz CT molecular complexity index is 935. The van der Waals surface area contributed by atoms with Crippen molar-refractivity contribution < 1.29 is 30.8 Å². The van der Waals surface area contributed by atoms with Crippen LogP contribution in [0, 0.1) is 23.3 Å². The zero-order valence-electron chi connectivity index (χ0n) is 13.5. The van der Waals surface area contributed by atoms with Crippen LogP contribution < -0.4 is 9.62 Å². The van der Waals surface area contributed by atoms with Crippen molar-refractivity contribution in [3.63, 3.8) is 0 Å². The van der Waals surface area contributed by atoms with Crippen LogP contribution in [0.1, 0.15) is 6.42 Å². The van der Waals surface area contributed by atoms with E-state index in [0.29, 0.717) is 12.1 Å². The van der Waals surface area contributed by atoms with Crippen LogP contribution >= 0.6 is 0 Å². The number of hydrogen-bond acceptors (Lipinski definition) is 3. The molecule has 0 unspecified atom stereocenters. The highest BCUT2D eigenvalue weighted by molar-refractivity contribution is 7.92. The summed E-state index contributed by atoms with van der Waals surface area (Å²) in [6.07, 6.45) is 0.439. The molecule has 0 saturated heterocycles. The van der Waals surface area contributed by atoms with Gasteiger partial charge in [0.2, 0.25) is 15.9 Å². The molecule has 2 rings (SSSR count). The smallest absolute Gasteiger partial charge is 0.232 e. The third-order valence-electron chi connectivity index (χ3n) is 3.34. The minimum Gasteiger partial charge on any atom is -0.324 e. The molecule has 0 saturated carbocycles. The minimum absolute atomic E-state index is 0.160. The number of sulfonamides is 1. The van der Waals surface area contributed by atoms with Crippen molar-refractivity contribution in [2.75, 3.05) is 22.4 Å². The molecule has 0 aromatic heterocycles. The molecule has 26 heavy (non-hydrogen) atoms. The maximum absolute atomic E-state index is 13.5. The molecule has 0 heterocycles. The average molecular weight is 390 g/mol. The molecule has 2 aromatic rings. The molecule has 5 nitrogen and oxygen atoms in total. The lowest BCUT2D eigenvalue weighted by molar-refractivity contribution is -0.116. The molecule has 0 bridgehead atoms. The molecule has 0 aliphatic carbocycles. The first-order valence-corrected chi connectivity index (χ1v) is 9.10. The second-order valence-electron chi connectivity index (χ2n) is 5.36. The van der Waals surface area contributed by atoms with Crippen LogP contribution in [0.2, 0.25) is 0 Å². The summed E-state index contributed by atoms with van der Waals surface area (Å²) in [5, 5.41) is 2.18. The van der Waals surface area contributed by atoms with Gasteiger partial charge in [-0.05, 0) is 24.3 Å². The summed E-state index contributed by atoms with van der Waals surface area (Å²) in [4.78, 5) is 11.9. The molecule has 0 atom stereocenters. The standard InChI is InChI=1S/C16H14F4N2O3S/c1-26(24,25)22(11-3-4-12(18)13(19)9-11)7-6-16(23)21-15-5-2-10(17)8-14(15)20/h2-5,8-9H,6-7H2,1H3,(H,21,23). The van der Waals surface area contributed by atoms with E-state index in [-0.39, 0.29) is 11.4 Å². The second-order valence-corrected chi connectivity index (χ2v) is 7.26. The molecular weight excluding hydrogens is 376 g/mol. The van der Waals surface area contributed by atoms with Crippen LogP contribution in [-0.2, 0) is 14.8 Å². The van der Waals surface area contributed by atoms with Crippen molar-refractivity contribution >= 4 is 27.3 Å². The number of benzene rings is 2. The number of hydrogen-bond donors (Lipinski definition) is 1. The van der Waals surface area contributed by atoms with Crippen molar-refractivity contribution in [1.82, 2.24) is 0 Å². The lowest BCUT2D eigenvalue weighted by Gasteiger charge is -2.22. The van der Waals surface area contributed by atoms with Crippen LogP contribution in [0.25, 0.3) is 0 Å². The molecule has 10 heteroatoms. The van der Waals surface area contributed by atoms with Crippen LogP contribution in [0.15, 0.2) is 36.4 Å². The molecule has 2 aromatic carbocycles. The quantitative estimate of drug-likeness (QED) is 0.771. The van der Waals surface area contributed by atoms with E-state index in [9.17, 15) is 30.8 Å². The largest absolute Gasteiger partial charge is 0.324 e. The Morgan fingerprint density at radius 1 is 1.00 bits per heavy atom. The molecule has 0 aliphatic rings. The SMILES string of the molecule is CS(=O)(=O)N(CCC(=O)Nc1ccc(F)cc1F)c1ccc(F)c(F)c1. The number of anilines is 2. The van der Waals surface area contributed by atoms with E-state index >= 15 is 0 Å². The summed E-state index contributed by atoms with van der Waals surface area (Å²) in [5.41, 5.74) is -0.428. The zero-order chi connectivity index (χ0) is 19.5. The van der Waals surface area contributed by atoms with Gasteiger partial charge >= 0.3 is 0 Å². The highest BCUT2D eigenvalue weighted by atomic mass is 32.2. The van der Waals surface area contributed by atoms with Gasteiger partial charge in [0, 0.05) is 25.1 Å². The van der Waals surface area contributed by atoms with Crippen molar-refractivity contribution in [2.45, 2.75) is 6.42 Å². The van der Waals surface area contributed by atoms with Crippen LogP contribution in [0.4, 0.5) is 28.9 Å². The van der Waals surface area contributed by atoms with E-state index in [1.54, 1.807) is 0 Å². The van der Waals surface area contributed by atoms with Gasteiger partial charge in [-0.15, -0.1) is 0 Å². The zero-order valence-corrected chi connectivity index (χ0v) is 14.3. The Morgan fingerprint density at radius 3 is 2.27 bits per heavy atom. The Hall–Kier alpha value is -2.62. The van der Waals surface area contributed by atoms with E-state index in [0.717, 1.165) is 34.8 Å². The fraction of sp³-hybridized carbons (Fsp3) is 0.188. The molecule has 1 N–H and O–H groups in total. The van der Waals surface area contributed by atoms with Crippen molar-refractivity contribution in [2.24, 2.45) is 0 Å². The first kappa shape index (κ1) is 19.7. The van der Waals surface area contributed by atoms with Gasteiger partial charge in [0.15, 0.2) is 11.6 Å². The van der Waals surface area contributed by atoms with Gasteiger partial charge in [-0.25, -0.2) is 26.0 Å². The Kier molecular flexibility index (Phi) is 5.86. The predicted octanol–water partition coefficient (Wildman–Crippen LogP) is 3.04. The van der Waals surface area contributed by atoms with Crippen LogP contribution in [-0.4, -0.2) is 27.1 Å². The number of nitrogens with zero attached hydrogens (tertiary/aromatic N) is 1. The number of carbonyl (C=O) groups is 1. The van der Waals surface area contributed by atoms with Gasteiger partial charge in [-0.1, -0.05) is 0 Å². The van der Waals surface area contributed by atoms with Crippen molar-refractivity contribution in [3.05, 3.63) is 59.7 Å². The predicted molar refractivity (Wildman–Crippen MR) is 88.2 cm³/mol. The number of rotatable bonds is 6. The van der Waals surface area contributed by atoms with Gasteiger partial charge in [0.05, 0.1) is 17.6 Å². The number of carbonyl (C=O) groups excluding carboxylic acids is 1. The summed E-state index contributed by atoms with van der Waals surface area (Å²) in [6.45, 7) is -0.390. The summed E-state index contributed by atoms with van der Waals surface area (Å²) in [6, 6.07) is 5.05. The molecule has 140 valence electrons. The highest BCUT2D eigenvalue weighted by Gasteiger charge is 2.20. The molecule has 0 radical (unpaired) electrons. The third kappa shape index (κ3) is 4.94. The first-order chi connectivity index (χ1) is 12.1. The molecule has 0 aliphatic heterocycles. The van der Waals surface area contributed by atoms with E-state index in [1.807, 2.05) is 0 Å². The summed E-state index contributed by atoms with van der Waals surface area (Å²) < 4.78 is 77.2. The Balaban J connectivity index is 2.12. The third-order valence-corrected chi connectivity index (χ3v) is 4.53. The van der Waals surface area contributed by atoms with Gasteiger partial charge in [0.1, 0.15) is 11.6 Å². The summed E-state index contributed by atoms with van der Waals surface area (Å²) in [7, 11) is -3.89. The summed E-state index contributed by atoms with van der Waals surface area (Å²) >= 11 is 0. The minimum atomic E-state index is -3.89. The van der Waals surface area contributed by atoms with E-state index in [2.05, 4.69) is 5.32 Å². The van der Waals surface area contributed by atoms with Crippen molar-refractivity contribution in [3.8, 4) is 0 Å². The average Bonchev–Trinajstić information content (AvgIpc) is 2.52. The second kappa shape index (κ2) is 7.73.